The molecule has 0 spiro atoms. The van der Waals surface area contributed by atoms with Gasteiger partial charge in [0.25, 0.3) is 0 Å². The largest absolute Gasteiger partial charge is 4.00 e. The van der Waals surface area contributed by atoms with E-state index >= 15 is 0 Å². The molecule has 0 aliphatic carbocycles. The molecule has 0 aliphatic heterocycles. The van der Waals surface area contributed by atoms with Crippen LogP contribution >= 0.6 is 0 Å². The maximum absolute atomic E-state index is 5.88. The molecule has 8 aromatic rings. The van der Waals surface area contributed by atoms with Gasteiger partial charge in [0.05, 0.1) is 11.5 Å². The number of benzene rings is 4. The standard InChI is InChI=1S/2C17H11O.2ClH.Ti/c2*1-2-6-13-10-15(9-12(13)5-1)17-11-14-7-3-4-8-16(14)18-17;;;/h2*1-11H;2*1H;/q2*-1;;;+4/p-2. The van der Waals surface area contributed by atoms with Crippen molar-refractivity contribution in [3.63, 3.8) is 0 Å². The van der Waals surface area contributed by atoms with E-state index < -0.39 is 0 Å². The van der Waals surface area contributed by atoms with Crippen LogP contribution in [0.5, 0.6) is 0 Å². The van der Waals surface area contributed by atoms with Crippen LogP contribution < -0.4 is 24.8 Å². The summed E-state index contributed by atoms with van der Waals surface area (Å²) in [5.74, 6) is 1.87. The summed E-state index contributed by atoms with van der Waals surface area (Å²) in [7, 11) is 0. The third kappa shape index (κ3) is 5.61. The molecule has 6 aromatic carbocycles. The Morgan fingerprint density at radius 3 is 1.15 bits per heavy atom. The molecule has 0 atom stereocenters. The van der Waals surface area contributed by atoms with Crippen LogP contribution in [0.15, 0.2) is 142 Å². The summed E-state index contributed by atoms with van der Waals surface area (Å²) >= 11 is 0. The molecular formula is C34H22Cl2O2Ti. The molecule has 0 saturated heterocycles. The molecule has 5 heteroatoms. The van der Waals surface area contributed by atoms with Gasteiger partial charge in [-0.05, 0) is 24.3 Å². The first-order valence-electron chi connectivity index (χ1n) is 12.1. The molecule has 0 N–H and O–H groups in total. The van der Waals surface area contributed by atoms with Crippen molar-refractivity contribution in [2.75, 3.05) is 0 Å². The van der Waals surface area contributed by atoms with E-state index in [2.05, 4.69) is 97.1 Å². The van der Waals surface area contributed by atoms with Crippen LogP contribution in [0.1, 0.15) is 0 Å². The van der Waals surface area contributed by atoms with E-state index in [4.69, 9.17) is 8.83 Å². The molecule has 0 fully saturated rings. The van der Waals surface area contributed by atoms with Crippen molar-refractivity contribution in [2.24, 2.45) is 0 Å². The van der Waals surface area contributed by atoms with Gasteiger partial charge in [0, 0.05) is 10.8 Å². The Hall–Kier alpha value is -3.53. The molecule has 188 valence electrons. The fourth-order valence-corrected chi connectivity index (χ4v) is 4.83. The minimum absolute atomic E-state index is 0. The van der Waals surface area contributed by atoms with Gasteiger partial charge in [-0.25, -0.2) is 0 Å². The number of halogens is 2. The topological polar surface area (TPSA) is 26.3 Å². The summed E-state index contributed by atoms with van der Waals surface area (Å²) in [5, 5.41) is 7.33. The second-order valence-corrected chi connectivity index (χ2v) is 9.04. The summed E-state index contributed by atoms with van der Waals surface area (Å²) in [6.45, 7) is 0. The first-order valence-corrected chi connectivity index (χ1v) is 12.1. The quantitative estimate of drug-likeness (QED) is 0.229. The number of hydrogen-bond donors (Lipinski definition) is 0. The van der Waals surface area contributed by atoms with E-state index in [0.717, 1.165) is 44.6 Å². The molecule has 0 aliphatic rings. The van der Waals surface area contributed by atoms with Crippen molar-refractivity contribution in [3.05, 3.63) is 133 Å². The van der Waals surface area contributed by atoms with Crippen molar-refractivity contribution in [1.29, 1.82) is 0 Å². The Labute approximate surface area is 253 Å². The minimum atomic E-state index is 0. The third-order valence-electron chi connectivity index (χ3n) is 6.66. The average molecular weight is 581 g/mol. The Balaban J connectivity index is 0.000000168. The van der Waals surface area contributed by atoms with Gasteiger partial charge in [-0.3, -0.25) is 0 Å². The van der Waals surface area contributed by atoms with Gasteiger partial charge in [0.1, 0.15) is 11.2 Å². The van der Waals surface area contributed by atoms with Gasteiger partial charge in [0.15, 0.2) is 0 Å². The molecule has 0 bridgehead atoms. The number of hydrogen-bond acceptors (Lipinski definition) is 2. The molecule has 0 unspecified atom stereocenters. The predicted molar refractivity (Wildman–Crippen MR) is 149 cm³/mol. The van der Waals surface area contributed by atoms with Crippen LogP contribution in [0.2, 0.25) is 0 Å². The number of furan rings is 2. The van der Waals surface area contributed by atoms with Gasteiger partial charge in [-0.15, -0.1) is 57.9 Å². The molecule has 0 saturated carbocycles. The molecule has 8 rings (SSSR count). The molecule has 2 heterocycles. The predicted octanol–water partition coefficient (Wildman–Crippen LogP) is 3.95. The Bertz CT molecular complexity index is 1550. The van der Waals surface area contributed by atoms with Gasteiger partial charge in [-0.2, -0.15) is 0 Å². The zero-order chi connectivity index (χ0) is 23.9. The number of fused-ring (bicyclic) bond motifs is 4. The minimum Gasteiger partial charge on any atom is -1.00 e. The monoisotopic (exact) mass is 580 g/mol. The van der Waals surface area contributed by atoms with Crippen molar-refractivity contribution in [2.45, 2.75) is 0 Å². The fraction of sp³-hybridized carbons (Fsp3) is 0. The summed E-state index contributed by atoms with van der Waals surface area (Å²) in [6, 6.07) is 45.9. The van der Waals surface area contributed by atoms with Gasteiger partial charge in [0.2, 0.25) is 0 Å². The third-order valence-corrected chi connectivity index (χ3v) is 6.66. The summed E-state index contributed by atoms with van der Waals surface area (Å²) < 4.78 is 11.8. The molecule has 2 nitrogen and oxygen atoms in total. The first-order chi connectivity index (χ1) is 17.8. The Kier molecular flexibility index (Phi) is 8.85. The van der Waals surface area contributed by atoms with Crippen molar-refractivity contribution in [3.8, 4) is 22.6 Å². The molecular weight excluding hydrogens is 559 g/mol. The van der Waals surface area contributed by atoms with Crippen molar-refractivity contribution >= 4 is 43.5 Å². The molecule has 39 heavy (non-hydrogen) atoms. The fourth-order valence-electron chi connectivity index (χ4n) is 4.83. The number of para-hydroxylation sites is 2. The van der Waals surface area contributed by atoms with E-state index in [1.165, 1.54) is 21.5 Å². The van der Waals surface area contributed by atoms with E-state index in [1.807, 2.05) is 36.4 Å². The normalized spacial score (nSPS) is 10.5. The van der Waals surface area contributed by atoms with Crippen LogP contribution in [-0.2, 0) is 21.7 Å². The summed E-state index contributed by atoms with van der Waals surface area (Å²) in [4.78, 5) is 0. The van der Waals surface area contributed by atoms with Crippen LogP contribution in [-0.4, -0.2) is 0 Å². The summed E-state index contributed by atoms with van der Waals surface area (Å²) in [6.07, 6.45) is 0. The Morgan fingerprint density at radius 1 is 0.410 bits per heavy atom. The second-order valence-electron chi connectivity index (χ2n) is 9.04. The SMILES string of the molecule is [Cl-].[Cl-].[Ti+4].c1ccc2[cH-]c(-c3cc4ccccc4o3)cc2c1.c1ccc2[cH-]c(-c3cc4ccccc4o3)cc2c1. The maximum Gasteiger partial charge on any atom is 4.00 e. The van der Waals surface area contributed by atoms with Crippen molar-refractivity contribution in [1.82, 2.24) is 0 Å². The first kappa shape index (κ1) is 28.5. The van der Waals surface area contributed by atoms with Gasteiger partial charge >= 0.3 is 21.7 Å². The molecule has 2 aromatic heterocycles. The van der Waals surface area contributed by atoms with E-state index in [0.29, 0.717) is 0 Å². The van der Waals surface area contributed by atoms with Crippen LogP contribution in [0, 0.1) is 0 Å². The zero-order valence-electron chi connectivity index (χ0n) is 20.8. The number of rotatable bonds is 2. The summed E-state index contributed by atoms with van der Waals surface area (Å²) in [5.41, 5.74) is 4.18. The Morgan fingerprint density at radius 2 is 0.769 bits per heavy atom. The molecule has 0 amide bonds. The maximum atomic E-state index is 5.88. The van der Waals surface area contributed by atoms with Crippen LogP contribution in [0.25, 0.3) is 66.1 Å². The van der Waals surface area contributed by atoms with E-state index in [1.54, 1.807) is 0 Å². The van der Waals surface area contributed by atoms with Crippen LogP contribution in [0.3, 0.4) is 0 Å². The second kappa shape index (κ2) is 12.1. The van der Waals surface area contributed by atoms with E-state index in [-0.39, 0.29) is 46.5 Å². The average Bonchev–Trinajstić information content (AvgIpc) is 3.70. The van der Waals surface area contributed by atoms with E-state index in [9.17, 15) is 0 Å². The zero-order valence-corrected chi connectivity index (χ0v) is 23.8. The van der Waals surface area contributed by atoms with Crippen LogP contribution in [0.4, 0.5) is 0 Å². The van der Waals surface area contributed by atoms with Gasteiger partial charge < -0.3 is 33.6 Å². The smallest absolute Gasteiger partial charge is 1.00 e. The van der Waals surface area contributed by atoms with Gasteiger partial charge in [-0.1, -0.05) is 83.9 Å². The molecule has 0 radical (unpaired) electrons. The van der Waals surface area contributed by atoms with Crippen molar-refractivity contribution < 1.29 is 55.4 Å².